The lowest BCUT2D eigenvalue weighted by atomic mass is 9.94. The van der Waals surface area contributed by atoms with Crippen LogP contribution in [0, 0.1) is 5.92 Å². The summed E-state index contributed by atoms with van der Waals surface area (Å²) in [5.74, 6) is 1.67. The molecule has 0 bridgehead atoms. The molecule has 0 amide bonds. The minimum atomic E-state index is -0.458. The van der Waals surface area contributed by atoms with Gasteiger partial charge in [-0.15, -0.1) is 0 Å². The minimum Gasteiger partial charge on any atom is -0.497 e. The Hall–Kier alpha value is -2.06. The summed E-state index contributed by atoms with van der Waals surface area (Å²) in [6, 6.07) is 0. The molecule has 0 saturated heterocycles. The van der Waals surface area contributed by atoms with Crippen LogP contribution in [0.25, 0.3) is 0 Å². The standard InChI is InChI=1S/C12H12O4/c1-15-11-5-3-9(10(7-11)8-13)4-6-12(14)16-2/h3-7,9H,1-2H3. The van der Waals surface area contributed by atoms with E-state index >= 15 is 0 Å². The van der Waals surface area contributed by atoms with E-state index < -0.39 is 5.97 Å². The van der Waals surface area contributed by atoms with Gasteiger partial charge in [0, 0.05) is 12.0 Å². The van der Waals surface area contributed by atoms with E-state index in [2.05, 4.69) is 4.74 Å². The van der Waals surface area contributed by atoms with E-state index in [1.165, 1.54) is 20.3 Å². The molecule has 0 saturated carbocycles. The largest absolute Gasteiger partial charge is 0.497 e. The van der Waals surface area contributed by atoms with Gasteiger partial charge in [0.15, 0.2) is 0 Å². The summed E-state index contributed by atoms with van der Waals surface area (Å²) < 4.78 is 9.43. The number of ether oxygens (including phenoxy) is 2. The molecule has 1 atom stereocenters. The average molecular weight is 220 g/mol. The monoisotopic (exact) mass is 220 g/mol. The topological polar surface area (TPSA) is 52.6 Å². The summed E-state index contributed by atoms with van der Waals surface area (Å²) in [7, 11) is 2.81. The Kier molecular flexibility index (Phi) is 4.30. The Morgan fingerprint density at radius 2 is 2.25 bits per heavy atom. The molecular formula is C12H12O4. The van der Waals surface area contributed by atoms with E-state index in [1.807, 2.05) is 5.94 Å². The molecule has 1 unspecified atom stereocenters. The van der Waals surface area contributed by atoms with Crippen LogP contribution in [0.15, 0.2) is 41.7 Å². The average Bonchev–Trinajstić information content (AvgIpc) is 2.35. The molecular weight excluding hydrogens is 208 g/mol. The third-order valence-corrected chi connectivity index (χ3v) is 2.12. The molecule has 0 heterocycles. The van der Waals surface area contributed by atoms with E-state index in [4.69, 9.17) is 4.74 Å². The summed E-state index contributed by atoms with van der Waals surface area (Å²) >= 11 is 0. The van der Waals surface area contributed by atoms with Crippen molar-refractivity contribution in [3.05, 3.63) is 41.7 Å². The Morgan fingerprint density at radius 1 is 1.50 bits per heavy atom. The van der Waals surface area contributed by atoms with Crippen LogP contribution in [0.1, 0.15) is 0 Å². The first-order valence-corrected chi connectivity index (χ1v) is 4.66. The Labute approximate surface area is 93.5 Å². The number of methoxy groups -OCH3 is 2. The highest BCUT2D eigenvalue weighted by molar-refractivity contribution is 5.82. The van der Waals surface area contributed by atoms with Gasteiger partial charge in [0.05, 0.1) is 19.8 Å². The zero-order chi connectivity index (χ0) is 12.0. The normalized spacial score (nSPS) is 19.2. The van der Waals surface area contributed by atoms with E-state index in [0.29, 0.717) is 11.3 Å². The van der Waals surface area contributed by atoms with Crippen molar-refractivity contribution in [3.63, 3.8) is 0 Å². The van der Waals surface area contributed by atoms with Crippen LogP contribution in [-0.2, 0) is 19.1 Å². The molecule has 1 aliphatic rings. The zero-order valence-corrected chi connectivity index (χ0v) is 9.10. The molecule has 0 aromatic rings. The third-order valence-electron chi connectivity index (χ3n) is 2.12. The maximum absolute atomic E-state index is 10.9. The summed E-state index contributed by atoms with van der Waals surface area (Å²) in [5, 5.41) is 0. The molecule has 1 aliphatic carbocycles. The Morgan fingerprint density at radius 3 is 2.81 bits per heavy atom. The van der Waals surface area contributed by atoms with Crippen LogP contribution < -0.4 is 0 Å². The molecule has 4 heteroatoms. The second-order valence-corrected chi connectivity index (χ2v) is 3.08. The van der Waals surface area contributed by atoms with Crippen molar-refractivity contribution in [2.24, 2.45) is 5.92 Å². The van der Waals surface area contributed by atoms with E-state index in [-0.39, 0.29) is 5.92 Å². The lowest BCUT2D eigenvalue weighted by Gasteiger charge is -2.12. The molecule has 0 radical (unpaired) electrons. The zero-order valence-electron chi connectivity index (χ0n) is 9.10. The van der Waals surface area contributed by atoms with Crippen LogP contribution in [0.3, 0.4) is 0 Å². The highest BCUT2D eigenvalue weighted by Gasteiger charge is 2.13. The van der Waals surface area contributed by atoms with Gasteiger partial charge in [-0.2, -0.15) is 0 Å². The maximum atomic E-state index is 10.9. The predicted octanol–water partition coefficient (Wildman–Crippen LogP) is 1.19. The summed E-state index contributed by atoms with van der Waals surface area (Å²) in [6.45, 7) is 0. The van der Waals surface area contributed by atoms with Crippen molar-refractivity contribution < 1.29 is 19.1 Å². The van der Waals surface area contributed by atoms with Gasteiger partial charge < -0.3 is 9.47 Å². The summed E-state index contributed by atoms with van der Waals surface area (Å²) in [6.07, 6.45) is 7.91. The number of carbonyl (C=O) groups excluding carboxylic acids is 2. The lowest BCUT2D eigenvalue weighted by molar-refractivity contribution is -0.134. The molecule has 1 rings (SSSR count). The summed E-state index contributed by atoms with van der Waals surface area (Å²) in [5.41, 5.74) is 0.416. The molecule has 16 heavy (non-hydrogen) atoms. The second kappa shape index (κ2) is 5.73. The van der Waals surface area contributed by atoms with Crippen LogP contribution in [0.4, 0.5) is 0 Å². The van der Waals surface area contributed by atoms with Gasteiger partial charge >= 0.3 is 5.97 Å². The smallest absolute Gasteiger partial charge is 0.330 e. The van der Waals surface area contributed by atoms with Crippen molar-refractivity contribution in [1.82, 2.24) is 0 Å². The molecule has 0 aromatic carbocycles. The first-order chi connectivity index (χ1) is 7.71. The number of allylic oxidation sites excluding steroid dienone is 5. The molecule has 0 aromatic heterocycles. The van der Waals surface area contributed by atoms with Gasteiger partial charge in [-0.05, 0) is 12.2 Å². The Balaban J connectivity index is 2.82. The van der Waals surface area contributed by atoms with Crippen molar-refractivity contribution in [3.8, 4) is 0 Å². The Bertz CT molecular complexity index is 409. The lowest BCUT2D eigenvalue weighted by Crippen LogP contribution is -2.04. The van der Waals surface area contributed by atoms with Gasteiger partial charge in [-0.3, -0.25) is 0 Å². The van der Waals surface area contributed by atoms with Crippen molar-refractivity contribution >= 4 is 11.9 Å². The number of esters is 1. The van der Waals surface area contributed by atoms with E-state index in [9.17, 15) is 9.59 Å². The van der Waals surface area contributed by atoms with Crippen molar-refractivity contribution in [2.45, 2.75) is 0 Å². The van der Waals surface area contributed by atoms with Gasteiger partial charge in [0.2, 0.25) is 0 Å². The van der Waals surface area contributed by atoms with Gasteiger partial charge in [-0.1, -0.05) is 12.2 Å². The quantitative estimate of drug-likeness (QED) is 0.407. The van der Waals surface area contributed by atoms with Crippen LogP contribution in [0.2, 0.25) is 0 Å². The second-order valence-electron chi connectivity index (χ2n) is 3.08. The van der Waals surface area contributed by atoms with Crippen LogP contribution in [0.5, 0.6) is 0 Å². The van der Waals surface area contributed by atoms with Crippen molar-refractivity contribution in [1.29, 1.82) is 0 Å². The number of rotatable bonds is 3. The fraction of sp³-hybridized carbons (Fsp3) is 0.250. The SMILES string of the molecule is COC(=O)C=CC1C=CC(OC)=CC1=C=O. The van der Waals surface area contributed by atoms with E-state index in [1.54, 1.807) is 24.3 Å². The molecule has 0 aliphatic heterocycles. The molecule has 0 spiro atoms. The molecule has 4 nitrogen and oxygen atoms in total. The van der Waals surface area contributed by atoms with Crippen LogP contribution >= 0.6 is 0 Å². The summed E-state index contributed by atoms with van der Waals surface area (Å²) in [4.78, 5) is 21.6. The van der Waals surface area contributed by atoms with Gasteiger partial charge in [0.25, 0.3) is 0 Å². The third kappa shape index (κ3) is 2.97. The molecule has 0 N–H and O–H groups in total. The highest BCUT2D eigenvalue weighted by Crippen LogP contribution is 2.21. The van der Waals surface area contributed by atoms with Crippen molar-refractivity contribution in [2.75, 3.05) is 14.2 Å². The van der Waals surface area contributed by atoms with Gasteiger partial charge in [-0.25, -0.2) is 9.59 Å². The molecule has 0 fully saturated rings. The first kappa shape index (κ1) is 12.0. The first-order valence-electron chi connectivity index (χ1n) is 4.66. The number of hydrogen-bond donors (Lipinski definition) is 0. The fourth-order valence-electron chi connectivity index (χ4n) is 1.24. The fourth-order valence-corrected chi connectivity index (χ4v) is 1.24. The molecule has 84 valence electrons. The highest BCUT2D eigenvalue weighted by atomic mass is 16.5. The van der Waals surface area contributed by atoms with Crippen LogP contribution in [-0.4, -0.2) is 26.1 Å². The minimum absolute atomic E-state index is 0.268. The predicted molar refractivity (Wildman–Crippen MR) is 58.1 cm³/mol. The van der Waals surface area contributed by atoms with E-state index in [0.717, 1.165) is 0 Å². The number of carbonyl (C=O) groups is 1. The number of hydrogen-bond acceptors (Lipinski definition) is 4. The maximum Gasteiger partial charge on any atom is 0.330 e. The van der Waals surface area contributed by atoms with Gasteiger partial charge in [0.1, 0.15) is 11.7 Å².